The molecule has 1 aliphatic carbocycles. The summed E-state index contributed by atoms with van der Waals surface area (Å²) in [5, 5.41) is 5.63. The summed E-state index contributed by atoms with van der Waals surface area (Å²) < 4.78 is 35.3. The fraction of sp³-hybridized carbons (Fsp3) is 0.900. The van der Waals surface area contributed by atoms with Gasteiger partial charge < -0.3 is 10.6 Å². The van der Waals surface area contributed by atoms with Crippen LogP contribution < -0.4 is 10.6 Å². The number of carbonyl (C=O) groups excluding carboxylic acids is 1. The fourth-order valence-corrected chi connectivity index (χ4v) is 1.28. The monoisotopic (exact) mass is 238 g/mol. The molecular weight excluding hydrogens is 221 g/mol. The summed E-state index contributed by atoms with van der Waals surface area (Å²) in [6, 6.07) is 0.554. The molecule has 3 nitrogen and oxygen atoms in total. The lowest BCUT2D eigenvalue weighted by atomic mass is 10.3. The van der Waals surface area contributed by atoms with Crippen molar-refractivity contribution >= 4 is 5.91 Å². The van der Waals surface area contributed by atoms with Gasteiger partial charge in [-0.25, -0.2) is 0 Å². The van der Waals surface area contributed by atoms with Gasteiger partial charge >= 0.3 is 6.18 Å². The van der Waals surface area contributed by atoms with Crippen LogP contribution in [-0.2, 0) is 4.79 Å². The number of hydrogen-bond donors (Lipinski definition) is 2. The van der Waals surface area contributed by atoms with Crippen molar-refractivity contribution in [3.8, 4) is 0 Å². The predicted molar refractivity (Wildman–Crippen MR) is 53.9 cm³/mol. The van der Waals surface area contributed by atoms with E-state index in [0.29, 0.717) is 19.0 Å². The molecule has 0 aromatic carbocycles. The fourth-order valence-electron chi connectivity index (χ4n) is 1.28. The topological polar surface area (TPSA) is 41.1 Å². The van der Waals surface area contributed by atoms with Crippen LogP contribution in [0.4, 0.5) is 13.2 Å². The van der Waals surface area contributed by atoms with Crippen molar-refractivity contribution < 1.29 is 18.0 Å². The van der Waals surface area contributed by atoms with Crippen molar-refractivity contribution in [2.75, 3.05) is 13.1 Å². The molecule has 1 saturated carbocycles. The summed E-state index contributed by atoms with van der Waals surface area (Å²) in [7, 11) is 0. The summed E-state index contributed by atoms with van der Waals surface area (Å²) in [6.07, 6.45) is -2.36. The molecule has 0 unspecified atom stereocenters. The number of hydrogen-bond acceptors (Lipinski definition) is 2. The number of alkyl halides is 3. The van der Waals surface area contributed by atoms with Crippen LogP contribution in [0.3, 0.4) is 0 Å². The highest BCUT2D eigenvalue weighted by molar-refractivity contribution is 5.75. The minimum absolute atomic E-state index is 0.0503. The third-order valence-electron chi connectivity index (χ3n) is 2.32. The normalized spacial score (nSPS) is 16.2. The van der Waals surface area contributed by atoms with Crippen molar-refractivity contribution in [3.05, 3.63) is 0 Å². The number of halogens is 3. The largest absolute Gasteiger partial charge is 0.389 e. The van der Waals surface area contributed by atoms with Gasteiger partial charge in [-0.15, -0.1) is 0 Å². The Morgan fingerprint density at radius 3 is 2.50 bits per heavy atom. The Morgan fingerprint density at radius 2 is 1.94 bits per heavy atom. The zero-order valence-corrected chi connectivity index (χ0v) is 9.07. The van der Waals surface area contributed by atoms with Gasteiger partial charge in [0.2, 0.25) is 5.91 Å². The zero-order chi connectivity index (χ0) is 12.0. The van der Waals surface area contributed by atoms with Crippen molar-refractivity contribution in [2.24, 2.45) is 0 Å². The summed E-state index contributed by atoms with van der Waals surface area (Å²) in [6.45, 7) is 0.706. The van der Waals surface area contributed by atoms with Crippen LogP contribution in [0.1, 0.15) is 32.1 Å². The highest BCUT2D eigenvalue weighted by Gasteiger charge is 2.26. The molecule has 0 aromatic heterocycles. The number of nitrogens with one attached hydrogen (secondary N) is 2. The van der Waals surface area contributed by atoms with Crippen LogP contribution in [0, 0.1) is 0 Å². The van der Waals surface area contributed by atoms with E-state index in [9.17, 15) is 18.0 Å². The Bertz CT molecular complexity index is 227. The van der Waals surface area contributed by atoms with E-state index in [2.05, 4.69) is 10.6 Å². The maximum absolute atomic E-state index is 11.8. The predicted octanol–water partition coefficient (Wildman–Crippen LogP) is 1.59. The molecule has 1 fully saturated rings. The van der Waals surface area contributed by atoms with Gasteiger partial charge in [-0.2, -0.15) is 13.2 Å². The Hall–Kier alpha value is -0.780. The van der Waals surface area contributed by atoms with E-state index in [-0.39, 0.29) is 18.9 Å². The lowest BCUT2D eigenvalue weighted by Gasteiger charge is -2.07. The molecular formula is C10H17F3N2O. The van der Waals surface area contributed by atoms with E-state index in [1.807, 2.05) is 0 Å². The maximum atomic E-state index is 11.8. The van der Waals surface area contributed by atoms with Crippen LogP contribution in [0.5, 0.6) is 0 Å². The molecule has 0 spiro atoms. The SMILES string of the molecule is O=C(CCNC1CC1)NCCCC(F)(F)F. The summed E-state index contributed by atoms with van der Waals surface area (Å²) in [5.74, 6) is -0.185. The van der Waals surface area contributed by atoms with Crippen LogP contribution in [0.2, 0.25) is 0 Å². The number of carbonyl (C=O) groups is 1. The molecule has 0 saturated heterocycles. The van der Waals surface area contributed by atoms with Crippen LogP contribution in [0.25, 0.3) is 0 Å². The summed E-state index contributed by atoms with van der Waals surface area (Å²) in [5.41, 5.74) is 0. The van der Waals surface area contributed by atoms with E-state index in [4.69, 9.17) is 0 Å². The van der Waals surface area contributed by atoms with Crippen LogP contribution in [0.15, 0.2) is 0 Å². The van der Waals surface area contributed by atoms with E-state index in [0.717, 1.165) is 12.8 Å². The molecule has 0 aliphatic heterocycles. The lowest BCUT2D eigenvalue weighted by Crippen LogP contribution is -2.29. The molecule has 2 N–H and O–H groups in total. The Kier molecular flexibility index (Phi) is 5.05. The van der Waals surface area contributed by atoms with Gasteiger partial charge in [0.15, 0.2) is 0 Å². The van der Waals surface area contributed by atoms with E-state index in [1.54, 1.807) is 0 Å². The first-order chi connectivity index (χ1) is 7.47. The minimum Gasteiger partial charge on any atom is -0.356 e. The maximum Gasteiger partial charge on any atom is 0.389 e. The van der Waals surface area contributed by atoms with Crippen LogP contribution >= 0.6 is 0 Å². The second-order valence-corrected chi connectivity index (χ2v) is 4.05. The lowest BCUT2D eigenvalue weighted by molar-refractivity contribution is -0.136. The molecule has 94 valence electrons. The molecule has 1 amide bonds. The van der Waals surface area contributed by atoms with Crippen molar-refractivity contribution in [2.45, 2.75) is 44.3 Å². The Labute approximate surface area is 92.8 Å². The van der Waals surface area contributed by atoms with E-state index in [1.165, 1.54) is 0 Å². The molecule has 0 heterocycles. The summed E-state index contributed by atoms with van der Waals surface area (Å²) in [4.78, 5) is 11.1. The van der Waals surface area contributed by atoms with Gasteiger partial charge in [-0.1, -0.05) is 0 Å². The molecule has 0 aromatic rings. The average molecular weight is 238 g/mol. The molecule has 6 heteroatoms. The van der Waals surface area contributed by atoms with Gasteiger partial charge in [0.1, 0.15) is 0 Å². The molecule has 1 aliphatic rings. The highest BCUT2D eigenvalue weighted by Crippen LogP contribution is 2.20. The first-order valence-electron chi connectivity index (χ1n) is 5.54. The van der Waals surface area contributed by atoms with Crippen LogP contribution in [-0.4, -0.2) is 31.2 Å². The van der Waals surface area contributed by atoms with E-state index < -0.39 is 12.6 Å². The molecule has 0 radical (unpaired) electrons. The van der Waals surface area contributed by atoms with Gasteiger partial charge in [0.25, 0.3) is 0 Å². The first-order valence-corrected chi connectivity index (χ1v) is 5.54. The zero-order valence-electron chi connectivity index (χ0n) is 9.07. The van der Waals surface area contributed by atoms with Crippen molar-refractivity contribution in [1.82, 2.24) is 10.6 Å². The second kappa shape index (κ2) is 6.08. The number of rotatable bonds is 7. The average Bonchev–Trinajstić information content (AvgIpc) is 2.95. The van der Waals surface area contributed by atoms with Gasteiger partial charge in [-0.05, 0) is 19.3 Å². The molecule has 0 bridgehead atoms. The Balaban J connectivity index is 1.89. The molecule has 0 atom stereocenters. The smallest absolute Gasteiger partial charge is 0.356 e. The van der Waals surface area contributed by atoms with Crippen molar-refractivity contribution in [1.29, 1.82) is 0 Å². The second-order valence-electron chi connectivity index (χ2n) is 4.05. The quantitative estimate of drug-likeness (QED) is 0.661. The molecule has 16 heavy (non-hydrogen) atoms. The van der Waals surface area contributed by atoms with E-state index >= 15 is 0 Å². The summed E-state index contributed by atoms with van der Waals surface area (Å²) >= 11 is 0. The Morgan fingerprint density at radius 1 is 1.25 bits per heavy atom. The third-order valence-corrected chi connectivity index (χ3v) is 2.32. The highest BCUT2D eigenvalue weighted by atomic mass is 19.4. The molecule has 1 rings (SSSR count). The minimum atomic E-state index is -4.13. The van der Waals surface area contributed by atoms with Gasteiger partial charge in [-0.3, -0.25) is 4.79 Å². The standard InChI is InChI=1S/C10H17F3N2O/c11-10(12,13)5-1-6-15-9(16)4-7-14-8-2-3-8/h8,14H,1-7H2,(H,15,16). The van der Waals surface area contributed by atoms with Gasteiger partial charge in [0.05, 0.1) is 0 Å². The first kappa shape index (κ1) is 13.3. The third kappa shape index (κ3) is 7.50. The van der Waals surface area contributed by atoms with Crippen molar-refractivity contribution in [3.63, 3.8) is 0 Å². The van der Waals surface area contributed by atoms with Gasteiger partial charge in [0, 0.05) is 32.0 Å². The number of amides is 1.